The van der Waals surface area contributed by atoms with Gasteiger partial charge in [0.1, 0.15) is 11.9 Å². The number of hydrogen-bond acceptors (Lipinski definition) is 6. The lowest BCUT2D eigenvalue weighted by atomic mass is 10.1. The second kappa shape index (κ2) is 8.05. The van der Waals surface area contributed by atoms with E-state index in [0.29, 0.717) is 28.2 Å². The lowest BCUT2D eigenvalue weighted by Crippen LogP contribution is -2.53. The van der Waals surface area contributed by atoms with Crippen LogP contribution in [0.2, 0.25) is 4.34 Å². The highest BCUT2D eigenvalue weighted by atomic mass is 35.5. The van der Waals surface area contributed by atoms with Crippen molar-refractivity contribution in [2.75, 3.05) is 23.0 Å². The van der Waals surface area contributed by atoms with E-state index in [1.165, 1.54) is 26.9 Å². The van der Waals surface area contributed by atoms with Gasteiger partial charge >= 0.3 is 6.18 Å². The van der Waals surface area contributed by atoms with Gasteiger partial charge in [0.15, 0.2) is 0 Å². The van der Waals surface area contributed by atoms with Crippen LogP contribution in [0.5, 0.6) is 0 Å². The number of nitrogens with zero attached hydrogens (tertiary/aromatic N) is 4. The lowest BCUT2D eigenvalue weighted by Gasteiger charge is -2.42. The van der Waals surface area contributed by atoms with Gasteiger partial charge in [0, 0.05) is 17.5 Å². The Bertz CT molecular complexity index is 969. The minimum atomic E-state index is -4.44. The molecule has 4 rings (SSSR count). The fourth-order valence-corrected chi connectivity index (χ4v) is 5.26. The second-order valence-corrected chi connectivity index (χ2v) is 9.53. The quantitative estimate of drug-likeness (QED) is 0.692. The van der Waals surface area contributed by atoms with Crippen molar-refractivity contribution in [3.63, 3.8) is 0 Å². The lowest BCUT2D eigenvalue weighted by molar-refractivity contribution is -0.153. The number of ether oxygens (including phenoxy) is 1. The van der Waals surface area contributed by atoms with Crippen LogP contribution >= 0.6 is 22.9 Å². The number of aromatic nitrogens is 2. The summed E-state index contributed by atoms with van der Waals surface area (Å²) < 4.78 is 49.0. The molecule has 2 aromatic heterocycles. The first-order valence-electron chi connectivity index (χ1n) is 9.70. The van der Waals surface area contributed by atoms with Crippen LogP contribution in [-0.2, 0) is 17.8 Å². The van der Waals surface area contributed by atoms with Gasteiger partial charge in [-0.2, -0.15) is 18.2 Å². The first-order valence-corrected chi connectivity index (χ1v) is 10.9. The summed E-state index contributed by atoms with van der Waals surface area (Å²) in [6, 6.07) is 2.96. The number of thiophene rings is 1. The molecule has 1 saturated heterocycles. The molecule has 3 atom stereocenters. The molecule has 30 heavy (non-hydrogen) atoms. The van der Waals surface area contributed by atoms with Crippen LogP contribution in [0.25, 0.3) is 0 Å². The predicted octanol–water partition coefficient (Wildman–Crippen LogP) is 3.91. The number of alkyl halides is 3. The Hall–Kier alpha value is -1.78. The van der Waals surface area contributed by atoms with E-state index in [-0.39, 0.29) is 43.1 Å². The summed E-state index contributed by atoms with van der Waals surface area (Å²) in [6.07, 6.45) is -4.65. The van der Waals surface area contributed by atoms with Gasteiger partial charge in [0.25, 0.3) is 5.56 Å². The molecule has 6 nitrogen and oxygen atoms in total. The van der Waals surface area contributed by atoms with Gasteiger partial charge in [0.05, 0.1) is 36.2 Å². The molecule has 1 fully saturated rings. The van der Waals surface area contributed by atoms with E-state index < -0.39 is 12.2 Å². The molecule has 2 aliphatic heterocycles. The first-order chi connectivity index (χ1) is 14.1. The molecule has 0 spiro atoms. The average molecular weight is 463 g/mol. The maximum atomic E-state index is 13.9. The first kappa shape index (κ1) is 21.5. The van der Waals surface area contributed by atoms with Gasteiger partial charge in [-0.15, -0.1) is 11.3 Å². The summed E-state index contributed by atoms with van der Waals surface area (Å²) in [6.45, 7) is 4.77. The molecule has 0 saturated carbocycles. The second-order valence-electron chi connectivity index (χ2n) is 7.73. The molecule has 0 bridgehead atoms. The highest BCUT2D eigenvalue weighted by molar-refractivity contribution is 7.16. The SMILES string of the molecule is C[C@@H]1COC[C@H](C)N1c1cc(=O)n2c(n1)N(Cc1ccc(Cl)s1)C(C(F)(F)F)CC2. The Morgan fingerprint density at radius 2 is 1.97 bits per heavy atom. The van der Waals surface area contributed by atoms with Gasteiger partial charge in [-0.05, 0) is 32.4 Å². The zero-order valence-electron chi connectivity index (χ0n) is 16.5. The Labute approximate surface area is 180 Å². The summed E-state index contributed by atoms with van der Waals surface area (Å²) in [7, 11) is 0. The fraction of sp³-hybridized carbons (Fsp3) is 0.579. The average Bonchev–Trinajstić information content (AvgIpc) is 3.06. The summed E-state index contributed by atoms with van der Waals surface area (Å²) >= 11 is 7.20. The highest BCUT2D eigenvalue weighted by Crippen LogP contribution is 2.37. The molecule has 0 aliphatic carbocycles. The van der Waals surface area contributed by atoms with Crippen molar-refractivity contribution in [1.82, 2.24) is 9.55 Å². The minimum absolute atomic E-state index is 0.0221. The topological polar surface area (TPSA) is 50.6 Å². The van der Waals surface area contributed by atoms with Gasteiger partial charge in [0.2, 0.25) is 5.95 Å². The van der Waals surface area contributed by atoms with E-state index >= 15 is 0 Å². The van der Waals surface area contributed by atoms with Crippen LogP contribution in [0.15, 0.2) is 23.0 Å². The monoisotopic (exact) mass is 462 g/mol. The molecule has 11 heteroatoms. The molecular weight excluding hydrogens is 441 g/mol. The summed E-state index contributed by atoms with van der Waals surface area (Å²) in [4.78, 5) is 21.2. The molecule has 0 N–H and O–H groups in total. The maximum Gasteiger partial charge on any atom is 0.408 e. The van der Waals surface area contributed by atoms with Gasteiger partial charge in [-0.25, -0.2) is 0 Å². The Morgan fingerprint density at radius 3 is 2.57 bits per heavy atom. The summed E-state index contributed by atoms with van der Waals surface area (Å²) in [5.41, 5.74) is -0.351. The van der Waals surface area contributed by atoms with Crippen LogP contribution in [0.3, 0.4) is 0 Å². The maximum absolute atomic E-state index is 13.9. The standard InChI is InChI=1S/C19H22ClF3N4O2S/c1-11-9-29-10-12(2)27(11)16-7-17(28)25-6-5-14(19(21,22)23)26(18(25)24-16)8-13-3-4-15(20)30-13/h3-4,7,11-12,14H,5-6,8-10H2,1-2H3/t11-,12+,14?. The molecule has 2 aromatic rings. The number of fused-ring (bicyclic) bond motifs is 1. The summed E-state index contributed by atoms with van der Waals surface area (Å²) in [5.74, 6) is 0.424. The van der Waals surface area contributed by atoms with Crippen LogP contribution < -0.4 is 15.4 Å². The third-order valence-corrected chi connectivity index (χ3v) is 6.71. The van der Waals surface area contributed by atoms with E-state index in [9.17, 15) is 18.0 Å². The largest absolute Gasteiger partial charge is 0.408 e. The highest BCUT2D eigenvalue weighted by Gasteiger charge is 2.47. The van der Waals surface area contributed by atoms with Crippen molar-refractivity contribution >= 4 is 34.7 Å². The van der Waals surface area contributed by atoms with Crippen molar-refractivity contribution in [3.05, 3.63) is 37.8 Å². The number of halogens is 4. The van der Waals surface area contributed by atoms with Crippen LogP contribution in [0.1, 0.15) is 25.1 Å². The molecule has 4 heterocycles. The van der Waals surface area contributed by atoms with Crippen molar-refractivity contribution < 1.29 is 17.9 Å². The predicted molar refractivity (Wildman–Crippen MR) is 111 cm³/mol. The van der Waals surface area contributed by atoms with Crippen molar-refractivity contribution in [2.45, 2.75) is 57.7 Å². The van der Waals surface area contributed by atoms with Crippen molar-refractivity contribution in [1.29, 1.82) is 0 Å². The van der Waals surface area contributed by atoms with Gasteiger partial charge in [-0.1, -0.05) is 11.6 Å². The summed E-state index contributed by atoms with van der Waals surface area (Å²) in [5, 5.41) is 0. The molecule has 1 unspecified atom stereocenters. The van der Waals surface area contributed by atoms with E-state index in [0.717, 1.165) is 0 Å². The molecule has 2 aliphatic rings. The van der Waals surface area contributed by atoms with Crippen molar-refractivity contribution in [2.24, 2.45) is 0 Å². The molecule has 0 aromatic carbocycles. The van der Waals surface area contributed by atoms with Crippen LogP contribution in [-0.4, -0.2) is 47.1 Å². The smallest absolute Gasteiger partial charge is 0.377 e. The zero-order chi connectivity index (χ0) is 21.6. The van der Waals surface area contributed by atoms with E-state index in [2.05, 4.69) is 4.98 Å². The van der Waals surface area contributed by atoms with E-state index in [1.54, 1.807) is 12.1 Å². The molecule has 0 amide bonds. The number of morpholine rings is 1. The van der Waals surface area contributed by atoms with E-state index in [4.69, 9.17) is 16.3 Å². The zero-order valence-corrected chi connectivity index (χ0v) is 18.1. The molecular formula is C19H22ClF3N4O2S. The van der Waals surface area contributed by atoms with Gasteiger partial charge in [-0.3, -0.25) is 9.36 Å². The normalized spacial score (nSPS) is 24.8. The Balaban J connectivity index is 1.80. The van der Waals surface area contributed by atoms with Crippen LogP contribution in [0, 0.1) is 0 Å². The van der Waals surface area contributed by atoms with Crippen molar-refractivity contribution in [3.8, 4) is 0 Å². The fourth-order valence-electron chi connectivity index (χ4n) is 4.17. The third kappa shape index (κ3) is 4.04. The van der Waals surface area contributed by atoms with E-state index in [1.807, 2.05) is 18.7 Å². The third-order valence-electron chi connectivity index (χ3n) is 5.50. The van der Waals surface area contributed by atoms with Crippen LogP contribution in [0.4, 0.5) is 24.9 Å². The molecule has 164 valence electrons. The number of rotatable bonds is 3. The number of hydrogen-bond donors (Lipinski definition) is 0. The minimum Gasteiger partial charge on any atom is -0.377 e. The Morgan fingerprint density at radius 1 is 1.27 bits per heavy atom. The molecule has 0 radical (unpaired) electrons. The Kier molecular flexibility index (Phi) is 5.75. The number of anilines is 2. The van der Waals surface area contributed by atoms with Gasteiger partial charge < -0.3 is 14.5 Å².